The van der Waals surface area contributed by atoms with Crippen LogP contribution in [0.15, 0.2) is 35.1 Å². The Morgan fingerprint density at radius 3 is 2.67 bits per heavy atom. The zero-order valence-electron chi connectivity index (χ0n) is 15.7. The summed E-state index contributed by atoms with van der Waals surface area (Å²) in [6.45, 7) is 3.47. The summed E-state index contributed by atoms with van der Waals surface area (Å²) in [6, 6.07) is 10.2. The zero-order valence-corrected chi connectivity index (χ0v) is 15.7. The summed E-state index contributed by atoms with van der Waals surface area (Å²) in [4.78, 5) is 23.2. The first-order chi connectivity index (χ1) is 13.3. The Morgan fingerprint density at radius 1 is 1.15 bits per heavy atom. The van der Waals surface area contributed by atoms with Crippen LogP contribution in [0, 0.1) is 0 Å². The molecule has 1 aromatic rings. The average Bonchev–Trinajstić information content (AvgIpc) is 3.44. The Morgan fingerprint density at radius 2 is 1.93 bits per heavy atom. The summed E-state index contributed by atoms with van der Waals surface area (Å²) in [5.74, 6) is 2.93. The van der Waals surface area contributed by atoms with Gasteiger partial charge in [-0.15, -0.1) is 0 Å². The number of hydrogen-bond donors (Lipinski definition) is 1. The molecule has 3 aliphatic heterocycles. The highest BCUT2D eigenvalue weighted by molar-refractivity contribution is 5.70. The average molecular weight is 363 g/mol. The van der Waals surface area contributed by atoms with E-state index in [4.69, 9.17) is 9.97 Å². The van der Waals surface area contributed by atoms with Crippen LogP contribution in [-0.4, -0.2) is 25.6 Å². The third kappa shape index (κ3) is 2.58. The van der Waals surface area contributed by atoms with Crippen LogP contribution in [0.4, 0.5) is 5.82 Å². The molecule has 1 unspecified atom stereocenters. The van der Waals surface area contributed by atoms with Gasteiger partial charge < -0.3 is 5.32 Å². The smallest absolute Gasteiger partial charge is 0.332 e. The van der Waals surface area contributed by atoms with Gasteiger partial charge in [-0.25, -0.2) is 14.8 Å². The first-order valence-electron chi connectivity index (χ1n) is 10.1. The summed E-state index contributed by atoms with van der Waals surface area (Å²) in [5, 5.41) is 3.45. The largest absolute Gasteiger partial charge is 0.367 e. The molecule has 1 aliphatic carbocycles. The zero-order chi connectivity index (χ0) is 18.4. The molecule has 3 heterocycles. The summed E-state index contributed by atoms with van der Waals surface area (Å²) in [7, 11) is 0. The predicted molar refractivity (Wildman–Crippen MR) is 105 cm³/mol. The third-order valence-electron chi connectivity index (χ3n) is 5.94. The molecule has 6 nitrogen and oxygen atoms in total. The molecule has 140 valence electrons. The first kappa shape index (κ1) is 16.5. The van der Waals surface area contributed by atoms with Crippen molar-refractivity contribution in [2.24, 2.45) is 0 Å². The van der Waals surface area contributed by atoms with E-state index in [-0.39, 0.29) is 11.7 Å². The minimum Gasteiger partial charge on any atom is -0.367 e. The molecular weight excluding hydrogens is 338 g/mol. The minimum absolute atomic E-state index is 0.00663. The summed E-state index contributed by atoms with van der Waals surface area (Å²) >= 11 is 0. The maximum Gasteiger partial charge on any atom is 0.332 e. The number of nitrogens with zero attached hydrogens (tertiary/aromatic N) is 4. The Labute approximate surface area is 158 Å². The van der Waals surface area contributed by atoms with Crippen molar-refractivity contribution in [2.45, 2.75) is 57.5 Å². The van der Waals surface area contributed by atoms with E-state index in [9.17, 15) is 4.79 Å². The molecule has 0 radical (unpaired) electrons. The normalized spacial score (nSPS) is 19.5. The number of hydrogen-bond acceptors (Lipinski definition) is 4. The number of aromatic nitrogens is 4. The van der Waals surface area contributed by atoms with E-state index in [1.54, 1.807) is 0 Å². The van der Waals surface area contributed by atoms with Gasteiger partial charge in [0.1, 0.15) is 17.3 Å². The summed E-state index contributed by atoms with van der Waals surface area (Å²) in [6.07, 6.45) is 5.70. The Kier molecular flexibility index (Phi) is 3.99. The number of anilines is 1. The molecule has 0 saturated heterocycles. The van der Waals surface area contributed by atoms with Gasteiger partial charge in [0.05, 0.1) is 6.04 Å². The van der Waals surface area contributed by atoms with Crippen molar-refractivity contribution in [1.29, 1.82) is 0 Å². The van der Waals surface area contributed by atoms with Crippen LogP contribution in [0.5, 0.6) is 0 Å². The molecule has 27 heavy (non-hydrogen) atoms. The minimum atomic E-state index is -0.00663. The van der Waals surface area contributed by atoms with Crippen LogP contribution >= 0.6 is 0 Å². The van der Waals surface area contributed by atoms with Crippen LogP contribution < -0.4 is 11.0 Å². The highest BCUT2D eigenvalue weighted by Gasteiger charge is 2.34. The van der Waals surface area contributed by atoms with Crippen molar-refractivity contribution in [1.82, 2.24) is 19.1 Å². The number of fused-ring (bicyclic) bond motifs is 3. The van der Waals surface area contributed by atoms with Crippen LogP contribution in [0.3, 0.4) is 0 Å². The molecule has 4 aliphatic rings. The molecule has 0 aromatic heterocycles. The molecule has 0 amide bonds. The highest BCUT2D eigenvalue weighted by Crippen LogP contribution is 2.38. The van der Waals surface area contributed by atoms with Gasteiger partial charge in [0.2, 0.25) is 0 Å². The van der Waals surface area contributed by atoms with Crippen molar-refractivity contribution in [3.63, 3.8) is 0 Å². The third-order valence-corrected chi connectivity index (χ3v) is 5.94. The molecule has 0 spiro atoms. The van der Waals surface area contributed by atoms with Crippen molar-refractivity contribution in [3.05, 3.63) is 52.2 Å². The van der Waals surface area contributed by atoms with E-state index >= 15 is 0 Å². The Balaban J connectivity index is 1.71. The maximum absolute atomic E-state index is 13.4. The molecule has 0 bridgehead atoms. The summed E-state index contributed by atoms with van der Waals surface area (Å²) < 4.78 is 3.72. The second kappa shape index (κ2) is 6.51. The molecule has 1 atom stereocenters. The van der Waals surface area contributed by atoms with Crippen LogP contribution in [0.2, 0.25) is 0 Å². The quantitative estimate of drug-likeness (QED) is 0.769. The van der Waals surface area contributed by atoms with Crippen LogP contribution in [0.1, 0.15) is 62.4 Å². The van der Waals surface area contributed by atoms with Crippen molar-refractivity contribution < 1.29 is 0 Å². The van der Waals surface area contributed by atoms with Gasteiger partial charge in [-0.3, -0.25) is 9.13 Å². The van der Waals surface area contributed by atoms with Gasteiger partial charge in [-0.2, -0.15) is 0 Å². The molecular formula is C21H25N5O. The van der Waals surface area contributed by atoms with Crippen molar-refractivity contribution in [2.75, 3.05) is 11.9 Å². The van der Waals surface area contributed by atoms with Crippen LogP contribution in [0.25, 0.3) is 11.5 Å². The second-order valence-electron chi connectivity index (χ2n) is 7.70. The van der Waals surface area contributed by atoms with Gasteiger partial charge in [-0.05, 0) is 24.8 Å². The van der Waals surface area contributed by atoms with E-state index in [1.165, 1.54) is 12.8 Å². The van der Waals surface area contributed by atoms with Crippen molar-refractivity contribution in [3.8, 4) is 11.5 Å². The molecule has 1 fully saturated rings. The number of rotatable bonds is 4. The van der Waals surface area contributed by atoms with Crippen LogP contribution in [-0.2, 0) is 6.54 Å². The second-order valence-corrected chi connectivity index (χ2v) is 7.70. The van der Waals surface area contributed by atoms with E-state index in [0.29, 0.717) is 19.0 Å². The van der Waals surface area contributed by atoms with Gasteiger partial charge in [0.25, 0.3) is 0 Å². The molecule has 1 aromatic carbocycles. The fourth-order valence-electron chi connectivity index (χ4n) is 4.60. The summed E-state index contributed by atoms with van der Waals surface area (Å²) in [5.41, 5.74) is 2.00. The fraction of sp³-hybridized carbons (Fsp3) is 0.476. The molecule has 5 rings (SSSR count). The lowest BCUT2D eigenvalue weighted by molar-refractivity contribution is 0.553. The SMILES string of the molecule is CCCn1c2nc(C3CCCC3)nc-2c2n(c1=O)C(c1ccccc1)CN2. The van der Waals surface area contributed by atoms with E-state index in [1.807, 2.05) is 27.3 Å². The van der Waals surface area contributed by atoms with Crippen molar-refractivity contribution >= 4 is 5.82 Å². The van der Waals surface area contributed by atoms with Gasteiger partial charge in [-0.1, -0.05) is 50.1 Å². The molecule has 1 saturated carbocycles. The predicted octanol–water partition coefficient (Wildman–Crippen LogP) is 3.63. The Hall–Kier alpha value is -2.63. The number of nitrogens with one attached hydrogen (secondary N) is 1. The topological polar surface area (TPSA) is 64.7 Å². The first-order valence-corrected chi connectivity index (χ1v) is 10.1. The number of imidazole rings is 1. The fourth-order valence-corrected chi connectivity index (χ4v) is 4.60. The van der Waals surface area contributed by atoms with E-state index in [0.717, 1.165) is 48.0 Å². The lowest BCUT2D eigenvalue weighted by Gasteiger charge is -2.18. The lowest BCUT2D eigenvalue weighted by Crippen LogP contribution is -2.34. The maximum atomic E-state index is 13.4. The molecule has 1 N–H and O–H groups in total. The monoisotopic (exact) mass is 363 g/mol. The van der Waals surface area contributed by atoms with E-state index < -0.39 is 0 Å². The standard InChI is InChI=1S/C21H25N5O/c1-2-12-25-20-17(23-18(24-20)15-10-6-7-11-15)19-22-13-16(26(19)21(25)27)14-8-4-3-5-9-14/h3-5,8-9,15-16,22H,2,6-7,10-13H2,1H3. The van der Waals surface area contributed by atoms with E-state index in [2.05, 4.69) is 24.4 Å². The Bertz CT molecular complexity index is 984. The van der Waals surface area contributed by atoms with Gasteiger partial charge >= 0.3 is 5.69 Å². The number of benzene rings is 1. The highest BCUT2D eigenvalue weighted by atomic mass is 16.1. The lowest BCUT2D eigenvalue weighted by atomic mass is 10.1. The van der Waals surface area contributed by atoms with Gasteiger partial charge in [0.15, 0.2) is 5.82 Å². The van der Waals surface area contributed by atoms with Gasteiger partial charge in [0, 0.05) is 19.0 Å². The molecule has 6 heteroatoms.